The van der Waals surface area contributed by atoms with Crippen molar-refractivity contribution in [3.63, 3.8) is 0 Å². The lowest BCUT2D eigenvalue weighted by Crippen LogP contribution is -2.29. The minimum atomic E-state index is -0.928. The number of anilines is 1. The molecule has 6 nitrogen and oxygen atoms in total. The number of aliphatic hydroxyl groups is 1. The summed E-state index contributed by atoms with van der Waals surface area (Å²) in [6, 6.07) is 18.0. The van der Waals surface area contributed by atoms with Gasteiger partial charge in [-0.25, -0.2) is 4.39 Å². The van der Waals surface area contributed by atoms with E-state index in [1.165, 1.54) is 36.3 Å². The molecule has 0 aromatic heterocycles. The smallest absolute Gasteiger partial charge is 0.300 e. The Hall–Kier alpha value is -4.13. The van der Waals surface area contributed by atoms with Gasteiger partial charge in [-0.2, -0.15) is 0 Å². The molecule has 3 aromatic rings. The number of hydrogen-bond donors (Lipinski definition) is 1. The van der Waals surface area contributed by atoms with Gasteiger partial charge in [0.15, 0.2) is 0 Å². The Kier molecular flexibility index (Phi) is 6.63. The summed E-state index contributed by atoms with van der Waals surface area (Å²) in [5.41, 5.74) is 1.16. The molecule has 7 heteroatoms. The predicted octanol–water partition coefficient (Wildman–Crippen LogP) is 5.25. The first kappa shape index (κ1) is 23.0. The van der Waals surface area contributed by atoms with Crippen molar-refractivity contribution in [1.29, 1.82) is 0 Å². The molecule has 4 rings (SSSR count). The summed E-state index contributed by atoms with van der Waals surface area (Å²) in [5.74, 6) is -1.40. The van der Waals surface area contributed by atoms with E-state index in [-0.39, 0.29) is 16.9 Å². The minimum absolute atomic E-state index is 0.0907. The van der Waals surface area contributed by atoms with Crippen LogP contribution in [0.2, 0.25) is 0 Å². The number of nitrogens with zero attached hydrogens (tertiary/aromatic N) is 1. The van der Waals surface area contributed by atoms with Crippen LogP contribution in [-0.4, -0.2) is 30.5 Å². The summed E-state index contributed by atoms with van der Waals surface area (Å²) >= 11 is 0. The number of amides is 1. The third-order valence-corrected chi connectivity index (χ3v) is 5.54. The van der Waals surface area contributed by atoms with Crippen molar-refractivity contribution >= 4 is 23.1 Å². The number of rotatable bonds is 7. The number of methoxy groups -OCH3 is 1. The number of carbonyl (C=O) groups excluding carboxylic acids is 2. The van der Waals surface area contributed by atoms with Gasteiger partial charge in [-0.05, 0) is 60.5 Å². The van der Waals surface area contributed by atoms with E-state index in [9.17, 15) is 19.1 Å². The Morgan fingerprint density at radius 1 is 1.00 bits per heavy atom. The van der Waals surface area contributed by atoms with Crippen LogP contribution in [0, 0.1) is 5.82 Å². The summed E-state index contributed by atoms with van der Waals surface area (Å²) < 4.78 is 24.5. The van der Waals surface area contributed by atoms with Gasteiger partial charge in [-0.1, -0.05) is 25.1 Å². The van der Waals surface area contributed by atoms with E-state index >= 15 is 0 Å². The third kappa shape index (κ3) is 4.37. The molecule has 1 heterocycles. The quantitative estimate of drug-likeness (QED) is 0.296. The fourth-order valence-electron chi connectivity index (χ4n) is 3.93. The molecule has 0 radical (unpaired) electrons. The zero-order valence-electron chi connectivity index (χ0n) is 18.8. The number of halogens is 1. The molecule has 0 saturated carbocycles. The first-order chi connectivity index (χ1) is 16.4. The fraction of sp³-hybridized carbons (Fsp3) is 0.185. The van der Waals surface area contributed by atoms with Crippen molar-refractivity contribution in [1.82, 2.24) is 0 Å². The Labute approximate surface area is 196 Å². The second-order valence-corrected chi connectivity index (χ2v) is 7.80. The van der Waals surface area contributed by atoms with Gasteiger partial charge < -0.3 is 14.6 Å². The largest absolute Gasteiger partial charge is 0.507 e. The van der Waals surface area contributed by atoms with E-state index in [0.29, 0.717) is 29.4 Å². The molecule has 1 atom stereocenters. The Morgan fingerprint density at radius 3 is 2.41 bits per heavy atom. The first-order valence-corrected chi connectivity index (χ1v) is 10.9. The van der Waals surface area contributed by atoms with Gasteiger partial charge in [0.25, 0.3) is 11.7 Å². The molecule has 0 bridgehead atoms. The van der Waals surface area contributed by atoms with E-state index in [1.807, 2.05) is 6.92 Å². The van der Waals surface area contributed by atoms with Gasteiger partial charge >= 0.3 is 0 Å². The van der Waals surface area contributed by atoms with Gasteiger partial charge in [0.2, 0.25) is 0 Å². The summed E-state index contributed by atoms with van der Waals surface area (Å²) in [5, 5.41) is 11.1. The van der Waals surface area contributed by atoms with E-state index < -0.39 is 23.5 Å². The first-order valence-electron chi connectivity index (χ1n) is 10.9. The fourth-order valence-corrected chi connectivity index (χ4v) is 3.93. The van der Waals surface area contributed by atoms with Gasteiger partial charge in [0.1, 0.15) is 23.1 Å². The van der Waals surface area contributed by atoms with E-state index in [0.717, 1.165) is 6.42 Å². The van der Waals surface area contributed by atoms with E-state index in [4.69, 9.17) is 9.47 Å². The lowest BCUT2D eigenvalue weighted by Gasteiger charge is -2.26. The molecular weight excluding hydrogens is 437 g/mol. The zero-order valence-corrected chi connectivity index (χ0v) is 18.8. The van der Waals surface area contributed by atoms with Gasteiger partial charge in [0.05, 0.1) is 25.3 Å². The van der Waals surface area contributed by atoms with Crippen LogP contribution < -0.4 is 14.4 Å². The average molecular weight is 461 g/mol. The highest BCUT2D eigenvalue weighted by Gasteiger charge is 2.47. The highest BCUT2D eigenvalue weighted by molar-refractivity contribution is 6.51. The zero-order chi connectivity index (χ0) is 24.2. The standard InChI is InChI=1S/C27H24FNO5/c1-3-14-34-22-9-4-6-18(15-22)24-23(25(30)17-10-12-19(28)13-11-17)26(31)27(32)29(24)20-7-5-8-21(16-20)33-2/h4-13,15-16,24,30H,3,14H2,1-2H3/b25-23+. The maximum absolute atomic E-state index is 13.5. The number of carbonyl (C=O) groups is 2. The Bertz CT molecular complexity index is 1250. The molecule has 0 spiro atoms. The number of Topliss-reactive ketones (excluding diaryl/α,β-unsaturated/α-hetero) is 1. The van der Waals surface area contributed by atoms with Gasteiger partial charge in [-0.3, -0.25) is 14.5 Å². The van der Waals surface area contributed by atoms with Crippen LogP contribution >= 0.6 is 0 Å². The maximum Gasteiger partial charge on any atom is 0.300 e. The Morgan fingerprint density at radius 2 is 1.71 bits per heavy atom. The molecule has 1 aliphatic rings. The van der Waals surface area contributed by atoms with Gasteiger partial charge in [-0.15, -0.1) is 0 Å². The molecule has 0 aliphatic carbocycles. The number of aliphatic hydroxyl groups excluding tert-OH is 1. The van der Waals surface area contributed by atoms with Crippen LogP contribution in [0.1, 0.15) is 30.5 Å². The van der Waals surface area contributed by atoms with Crippen molar-refractivity contribution in [2.75, 3.05) is 18.6 Å². The van der Waals surface area contributed by atoms with Crippen LogP contribution in [0.15, 0.2) is 78.4 Å². The monoisotopic (exact) mass is 461 g/mol. The second-order valence-electron chi connectivity index (χ2n) is 7.80. The molecule has 1 amide bonds. The van der Waals surface area contributed by atoms with Crippen LogP contribution in [0.4, 0.5) is 10.1 Å². The van der Waals surface area contributed by atoms with Crippen molar-refractivity contribution in [3.8, 4) is 11.5 Å². The highest BCUT2D eigenvalue weighted by atomic mass is 19.1. The lowest BCUT2D eigenvalue weighted by molar-refractivity contribution is -0.132. The Balaban J connectivity index is 1.91. The molecular formula is C27H24FNO5. The summed E-state index contributed by atoms with van der Waals surface area (Å²) in [6.45, 7) is 2.50. The molecule has 174 valence electrons. The molecule has 3 aromatic carbocycles. The van der Waals surface area contributed by atoms with Crippen molar-refractivity contribution in [2.24, 2.45) is 0 Å². The lowest BCUT2D eigenvalue weighted by atomic mass is 9.95. The maximum atomic E-state index is 13.5. The average Bonchev–Trinajstić information content (AvgIpc) is 3.13. The van der Waals surface area contributed by atoms with Crippen molar-refractivity contribution in [3.05, 3.63) is 95.3 Å². The van der Waals surface area contributed by atoms with Crippen LogP contribution in [0.25, 0.3) is 5.76 Å². The van der Waals surface area contributed by atoms with Crippen molar-refractivity contribution in [2.45, 2.75) is 19.4 Å². The predicted molar refractivity (Wildman–Crippen MR) is 126 cm³/mol. The summed E-state index contributed by atoms with van der Waals surface area (Å²) in [7, 11) is 1.51. The number of benzene rings is 3. The molecule has 1 aliphatic heterocycles. The third-order valence-electron chi connectivity index (χ3n) is 5.54. The van der Waals surface area contributed by atoms with E-state index in [2.05, 4.69) is 0 Å². The van der Waals surface area contributed by atoms with Crippen LogP contribution in [0.3, 0.4) is 0 Å². The normalized spacial score (nSPS) is 17.1. The molecule has 34 heavy (non-hydrogen) atoms. The minimum Gasteiger partial charge on any atom is -0.507 e. The molecule has 1 fully saturated rings. The van der Waals surface area contributed by atoms with Crippen LogP contribution in [0.5, 0.6) is 11.5 Å². The number of hydrogen-bond acceptors (Lipinski definition) is 5. The molecule has 1 saturated heterocycles. The second kappa shape index (κ2) is 9.79. The topological polar surface area (TPSA) is 76.1 Å². The molecule has 1 N–H and O–H groups in total. The van der Waals surface area contributed by atoms with Crippen LogP contribution in [-0.2, 0) is 9.59 Å². The van der Waals surface area contributed by atoms with Crippen molar-refractivity contribution < 1.29 is 28.6 Å². The van der Waals surface area contributed by atoms with E-state index in [1.54, 1.807) is 48.5 Å². The molecule has 1 unspecified atom stereocenters. The highest BCUT2D eigenvalue weighted by Crippen LogP contribution is 2.43. The van der Waals surface area contributed by atoms with Gasteiger partial charge in [0, 0.05) is 17.3 Å². The SMILES string of the molecule is CCCOc1cccc(C2/C(=C(\O)c3ccc(F)cc3)C(=O)C(=O)N2c2cccc(OC)c2)c1. The summed E-state index contributed by atoms with van der Waals surface area (Å²) in [4.78, 5) is 27.8. The number of ketones is 1. The number of ether oxygens (including phenoxy) is 2. The summed E-state index contributed by atoms with van der Waals surface area (Å²) in [6.07, 6.45) is 0.817.